The zero-order valence-corrected chi connectivity index (χ0v) is 11.9. The summed E-state index contributed by atoms with van der Waals surface area (Å²) in [5.41, 5.74) is 5.95. The molecule has 1 unspecified atom stereocenters. The van der Waals surface area contributed by atoms with Crippen molar-refractivity contribution < 1.29 is 14.4 Å². The third-order valence-corrected chi connectivity index (χ3v) is 4.18. The van der Waals surface area contributed by atoms with E-state index in [1.54, 1.807) is 6.07 Å². The van der Waals surface area contributed by atoms with E-state index in [1.165, 1.54) is 6.07 Å². The van der Waals surface area contributed by atoms with Gasteiger partial charge >= 0.3 is 0 Å². The van der Waals surface area contributed by atoms with E-state index in [9.17, 15) is 10.1 Å². The molecule has 3 N–H and O–H groups in total. The molecule has 7 nitrogen and oxygen atoms in total. The Labute approximate surface area is 122 Å². The second kappa shape index (κ2) is 5.07. The summed E-state index contributed by atoms with van der Waals surface area (Å²) < 4.78 is 10.9. The summed E-state index contributed by atoms with van der Waals surface area (Å²) in [5, 5.41) is 14.6. The highest BCUT2D eigenvalue weighted by molar-refractivity contribution is 5.69. The third kappa shape index (κ3) is 2.61. The molecule has 21 heavy (non-hydrogen) atoms. The maximum Gasteiger partial charge on any atom is 0.296 e. The quantitative estimate of drug-likeness (QED) is 0.635. The van der Waals surface area contributed by atoms with Gasteiger partial charge in [-0.1, -0.05) is 0 Å². The van der Waals surface area contributed by atoms with Crippen LogP contribution in [0.25, 0.3) is 0 Å². The number of benzene rings is 1. The van der Waals surface area contributed by atoms with E-state index in [0.29, 0.717) is 42.9 Å². The number of hydrogen-bond donors (Lipinski definition) is 2. The summed E-state index contributed by atoms with van der Waals surface area (Å²) in [4.78, 5) is 10.9. The van der Waals surface area contributed by atoms with Gasteiger partial charge in [0, 0.05) is 18.2 Å². The van der Waals surface area contributed by atoms with Gasteiger partial charge in [-0.2, -0.15) is 0 Å². The maximum atomic E-state index is 11.3. The molecule has 0 amide bonds. The van der Waals surface area contributed by atoms with Crippen molar-refractivity contribution in [1.82, 2.24) is 0 Å². The Kier molecular flexibility index (Phi) is 3.36. The Hall–Kier alpha value is -2.02. The Balaban J connectivity index is 1.97. The van der Waals surface area contributed by atoms with Gasteiger partial charge in [-0.05, 0) is 25.7 Å². The van der Waals surface area contributed by atoms with Crippen LogP contribution in [0.1, 0.15) is 19.8 Å². The number of nitro benzene ring substituents is 1. The molecular formula is C14H19N3O4. The summed E-state index contributed by atoms with van der Waals surface area (Å²) in [6, 6.07) is 3.06. The number of fused-ring (bicyclic) bond motifs is 1. The maximum absolute atomic E-state index is 11.3. The fraction of sp³-hybridized carbons (Fsp3) is 0.571. The molecular weight excluding hydrogens is 274 g/mol. The molecule has 0 saturated heterocycles. The molecule has 1 fully saturated rings. The molecule has 1 heterocycles. The molecule has 1 atom stereocenters. The van der Waals surface area contributed by atoms with Gasteiger partial charge in [-0.25, -0.2) is 0 Å². The van der Waals surface area contributed by atoms with Crippen molar-refractivity contribution in [1.29, 1.82) is 0 Å². The van der Waals surface area contributed by atoms with Crippen LogP contribution in [0.4, 0.5) is 11.4 Å². The van der Waals surface area contributed by atoms with E-state index in [-0.39, 0.29) is 11.2 Å². The fourth-order valence-electron chi connectivity index (χ4n) is 2.68. The molecule has 1 aromatic rings. The van der Waals surface area contributed by atoms with Crippen molar-refractivity contribution in [3.63, 3.8) is 0 Å². The molecule has 0 aromatic heterocycles. The van der Waals surface area contributed by atoms with Crippen molar-refractivity contribution in [2.45, 2.75) is 25.3 Å². The minimum absolute atomic E-state index is 0.0143. The van der Waals surface area contributed by atoms with Crippen molar-refractivity contribution in [2.24, 2.45) is 11.7 Å². The molecule has 7 heteroatoms. The monoisotopic (exact) mass is 293 g/mol. The summed E-state index contributed by atoms with van der Waals surface area (Å²) in [6.45, 7) is 3.27. The topological polar surface area (TPSA) is 99.7 Å². The minimum atomic E-state index is -0.412. The van der Waals surface area contributed by atoms with Crippen LogP contribution in [0, 0.1) is 16.0 Å². The van der Waals surface area contributed by atoms with Gasteiger partial charge in [0.1, 0.15) is 18.9 Å². The first-order valence-corrected chi connectivity index (χ1v) is 7.10. The lowest BCUT2D eigenvalue weighted by atomic mass is 9.95. The number of hydrogen-bond acceptors (Lipinski definition) is 6. The lowest BCUT2D eigenvalue weighted by Gasteiger charge is -2.31. The summed E-state index contributed by atoms with van der Waals surface area (Å²) >= 11 is 0. The number of rotatable bonds is 5. The Bertz CT molecular complexity index is 574. The Morgan fingerprint density at radius 2 is 2.00 bits per heavy atom. The van der Waals surface area contributed by atoms with Crippen molar-refractivity contribution >= 4 is 11.4 Å². The van der Waals surface area contributed by atoms with Crippen LogP contribution in [0.2, 0.25) is 0 Å². The molecule has 1 aliphatic heterocycles. The first kappa shape index (κ1) is 13.9. The molecule has 114 valence electrons. The Morgan fingerprint density at radius 1 is 1.38 bits per heavy atom. The summed E-state index contributed by atoms with van der Waals surface area (Å²) in [5.74, 6) is 1.40. The number of nitrogens with two attached hydrogens (primary N) is 1. The van der Waals surface area contributed by atoms with Gasteiger partial charge in [-0.15, -0.1) is 0 Å². The lowest BCUT2D eigenvalue weighted by Crippen LogP contribution is -2.44. The molecule has 1 aromatic carbocycles. The second-order valence-corrected chi connectivity index (χ2v) is 5.79. The Morgan fingerprint density at radius 3 is 2.52 bits per heavy atom. The van der Waals surface area contributed by atoms with Crippen LogP contribution in [0.5, 0.6) is 11.5 Å². The molecule has 0 spiro atoms. The van der Waals surface area contributed by atoms with Crippen LogP contribution < -0.4 is 20.5 Å². The van der Waals surface area contributed by atoms with Crippen molar-refractivity contribution in [3.8, 4) is 11.5 Å². The smallest absolute Gasteiger partial charge is 0.296 e. The second-order valence-electron chi connectivity index (χ2n) is 5.79. The third-order valence-electron chi connectivity index (χ3n) is 4.18. The van der Waals surface area contributed by atoms with Crippen molar-refractivity contribution in [3.05, 3.63) is 22.2 Å². The van der Waals surface area contributed by atoms with E-state index in [4.69, 9.17) is 15.2 Å². The first-order valence-electron chi connectivity index (χ1n) is 7.10. The largest absolute Gasteiger partial charge is 0.486 e. The number of nitrogens with zero attached hydrogens (tertiary/aromatic N) is 1. The van der Waals surface area contributed by atoms with Gasteiger partial charge < -0.3 is 20.5 Å². The van der Waals surface area contributed by atoms with Crippen LogP contribution in [-0.2, 0) is 0 Å². The predicted molar refractivity (Wildman–Crippen MR) is 77.9 cm³/mol. The van der Waals surface area contributed by atoms with Gasteiger partial charge in [0.2, 0.25) is 0 Å². The van der Waals surface area contributed by atoms with E-state index in [1.807, 2.05) is 6.92 Å². The number of anilines is 1. The van der Waals surface area contributed by atoms with Crippen LogP contribution in [0.3, 0.4) is 0 Å². The molecule has 1 saturated carbocycles. The predicted octanol–water partition coefficient (Wildman–Crippen LogP) is 1.91. The summed E-state index contributed by atoms with van der Waals surface area (Å²) in [7, 11) is 0. The summed E-state index contributed by atoms with van der Waals surface area (Å²) in [6.07, 6.45) is 2.19. The van der Waals surface area contributed by atoms with Gasteiger partial charge in [0.15, 0.2) is 11.5 Å². The average molecular weight is 293 g/mol. The zero-order valence-electron chi connectivity index (χ0n) is 11.9. The molecule has 0 radical (unpaired) electrons. The highest BCUT2D eigenvalue weighted by Crippen LogP contribution is 2.45. The lowest BCUT2D eigenvalue weighted by molar-refractivity contribution is -0.384. The standard InChI is InChI=1S/C14H19N3O4/c1-14(8-15,9-2-3-9)16-10-6-12-13(21-5-4-20-12)7-11(10)17(18)19/h6-7,9,16H,2-5,8,15H2,1H3. The average Bonchev–Trinajstić information content (AvgIpc) is 3.31. The van der Waals surface area contributed by atoms with Gasteiger partial charge in [0.05, 0.1) is 11.0 Å². The molecule has 0 bridgehead atoms. The number of nitrogens with one attached hydrogen (secondary N) is 1. The van der Waals surface area contributed by atoms with E-state index in [2.05, 4.69) is 5.32 Å². The minimum Gasteiger partial charge on any atom is -0.486 e. The van der Waals surface area contributed by atoms with E-state index < -0.39 is 4.92 Å². The molecule has 1 aliphatic carbocycles. The zero-order chi connectivity index (χ0) is 15.0. The van der Waals surface area contributed by atoms with Crippen molar-refractivity contribution in [2.75, 3.05) is 25.1 Å². The highest BCUT2D eigenvalue weighted by Gasteiger charge is 2.41. The van der Waals surface area contributed by atoms with Crippen LogP contribution >= 0.6 is 0 Å². The molecule has 3 rings (SSSR count). The van der Waals surface area contributed by atoms with E-state index >= 15 is 0 Å². The van der Waals surface area contributed by atoms with Gasteiger partial charge in [0.25, 0.3) is 5.69 Å². The number of ether oxygens (including phenoxy) is 2. The highest BCUT2D eigenvalue weighted by atomic mass is 16.6. The SMILES string of the molecule is CC(CN)(Nc1cc2c(cc1[N+](=O)[O-])OCCO2)C1CC1. The van der Waals surface area contributed by atoms with Crippen LogP contribution in [0.15, 0.2) is 12.1 Å². The van der Waals surface area contributed by atoms with Gasteiger partial charge in [-0.3, -0.25) is 10.1 Å². The normalized spacial score (nSPS) is 19.7. The molecule has 2 aliphatic rings. The van der Waals surface area contributed by atoms with E-state index in [0.717, 1.165) is 12.8 Å². The van der Waals surface area contributed by atoms with Crippen LogP contribution in [-0.4, -0.2) is 30.2 Å². The number of nitro groups is 1. The first-order chi connectivity index (χ1) is 10.0. The fourth-order valence-corrected chi connectivity index (χ4v) is 2.68.